The van der Waals surface area contributed by atoms with Gasteiger partial charge in [0.25, 0.3) is 6.43 Å². The van der Waals surface area contributed by atoms with Crippen molar-refractivity contribution in [2.24, 2.45) is 5.92 Å². The van der Waals surface area contributed by atoms with Gasteiger partial charge in [-0.25, -0.2) is 8.78 Å². The van der Waals surface area contributed by atoms with E-state index in [1.165, 1.54) is 0 Å². The zero-order valence-electron chi connectivity index (χ0n) is 7.06. The smallest absolute Gasteiger partial charge is 0.264 e. The number of aliphatic hydroxyl groups excluding tert-OH is 1. The molecule has 0 radical (unpaired) electrons. The monoisotopic (exact) mass is 166 g/mol. The Morgan fingerprint density at radius 2 is 1.73 bits per heavy atom. The zero-order valence-corrected chi connectivity index (χ0v) is 7.06. The minimum Gasteiger partial charge on any atom is -0.387 e. The van der Waals surface area contributed by atoms with Gasteiger partial charge in [0.05, 0.1) is 0 Å². The van der Waals surface area contributed by atoms with Crippen LogP contribution in [0.4, 0.5) is 8.78 Å². The van der Waals surface area contributed by atoms with Gasteiger partial charge in [-0.15, -0.1) is 0 Å². The molecule has 0 rings (SSSR count). The summed E-state index contributed by atoms with van der Waals surface area (Å²) >= 11 is 0. The number of alkyl halides is 2. The third-order valence-corrected chi connectivity index (χ3v) is 1.57. The Bertz CT molecular complexity index is 94.1. The Labute approximate surface area is 66.4 Å². The van der Waals surface area contributed by atoms with E-state index in [0.29, 0.717) is 12.3 Å². The molecule has 0 aliphatic rings. The van der Waals surface area contributed by atoms with Gasteiger partial charge in [0.15, 0.2) is 0 Å². The lowest BCUT2D eigenvalue weighted by Crippen LogP contribution is -2.16. The lowest BCUT2D eigenvalue weighted by atomic mass is 10.0. The molecule has 0 heterocycles. The molecule has 1 unspecified atom stereocenters. The van der Waals surface area contributed by atoms with Crippen LogP contribution >= 0.6 is 0 Å². The Morgan fingerprint density at radius 3 is 2.09 bits per heavy atom. The molecule has 0 aromatic heterocycles. The molecule has 1 atom stereocenters. The Morgan fingerprint density at radius 1 is 1.18 bits per heavy atom. The van der Waals surface area contributed by atoms with E-state index in [0.717, 1.165) is 6.42 Å². The van der Waals surface area contributed by atoms with E-state index >= 15 is 0 Å². The van der Waals surface area contributed by atoms with Crippen LogP contribution in [0.1, 0.15) is 33.1 Å². The van der Waals surface area contributed by atoms with Crippen molar-refractivity contribution >= 4 is 0 Å². The minimum atomic E-state index is -2.58. The maximum Gasteiger partial charge on any atom is 0.264 e. The zero-order chi connectivity index (χ0) is 8.85. The van der Waals surface area contributed by atoms with Crippen molar-refractivity contribution < 1.29 is 13.9 Å². The van der Waals surface area contributed by atoms with Crippen LogP contribution in [0.3, 0.4) is 0 Å². The molecule has 0 amide bonds. The molecule has 0 saturated heterocycles. The van der Waals surface area contributed by atoms with Crippen LogP contribution in [0.25, 0.3) is 0 Å². The second kappa shape index (κ2) is 5.47. The molecule has 0 saturated carbocycles. The predicted molar refractivity (Wildman–Crippen MR) is 40.7 cm³/mol. The molecule has 0 aliphatic carbocycles. The summed E-state index contributed by atoms with van der Waals surface area (Å²) in [6.45, 7) is 4.07. The normalized spacial score (nSPS) is 14.5. The molecule has 0 aromatic carbocycles. The van der Waals surface area contributed by atoms with Crippen molar-refractivity contribution in [3.63, 3.8) is 0 Å². The summed E-state index contributed by atoms with van der Waals surface area (Å²) < 4.78 is 23.4. The van der Waals surface area contributed by atoms with E-state index in [4.69, 9.17) is 5.11 Å². The van der Waals surface area contributed by atoms with Gasteiger partial charge < -0.3 is 5.11 Å². The summed E-state index contributed by atoms with van der Waals surface area (Å²) in [6, 6.07) is 0. The predicted octanol–water partition coefficient (Wildman–Crippen LogP) is 2.44. The molecule has 0 aromatic rings. The van der Waals surface area contributed by atoms with Gasteiger partial charge in [-0.3, -0.25) is 0 Å². The second-order valence-electron chi connectivity index (χ2n) is 3.23. The molecular weight excluding hydrogens is 150 g/mol. The lowest BCUT2D eigenvalue weighted by Gasteiger charge is -2.09. The van der Waals surface area contributed by atoms with E-state index < -0.39 is 12.5 Å². The van der Waals surface area contributed by atoms with Crippen LogP contribution in [0.15, 0.2) is 0 Å². The first-order valence-electron chi connectivity index (χ1n) is 4.00. The van der Waals surface area contributed by atoms with Crippen LogP contribution in [0.5, 0.6) is 0 Å². The van der Waals surface area contributed by atoms with Gasteiger partial charge in [-0.05, 0) is 12.3 Å². The molecule has 0 spiro atoms. The lowest BCUT2D eigenvalue weighted by molar-refractivity contribution is -0.0103. The molecule has 0 fully saturated rings. The fourth-order valence-corrected chi connectivity index (χ4v) is 0.861. The molecule has 11 heavy (non-hydrogen) atoms. The first-order chi connectivity index (χ1) is 5.04. The van der Waals surface area contributed by atoms with E-state index in [1.54, 1.807) is 0 Å². The Hall–Kier alpha value is -0.180. The van der Waals surface area contributed by atoms with Crippen molar-refractivity contribution in [2.75, 3.05) is 0 Å². The summed E-state index contributed by atoms with van der Waals surface area (Å²) in [5, 5.41) is 8.69. The summed E-state index contributed by atoms with van der Waals surface area (Å²) in [6.07, 6.45) is -2.20. The first-order valence-corrected chi connectivity index (χ1v) is 4.00. The van der Waals surface area contributed by atoms with Crippen LogP contribution in [-0.4, -0.2) is 17.6 Å². The SMILES string of the molecule is CC(C)CCCC(O)C(F)F. The third-order valence-electron chi connectivity index (χ3n) is 1.57. The van der Waals surface area contributed by atoms with Crippen molar-refractivity contribution in [1.82, 2.24) is 0 Å². The number of aliphatic hydroxyl groups is 1. The third kappa shape index (κ3) is 6.23. The van der Waals surface area contributed by atoms with E-state index in [1.807, 2.05) is 13.8 Å². The summed E-state index contributed by atoms with van der Waals surface area (Å²) in [4.78, 5) is 0. The van der Waals surface area contributed by atoms with Crippen LogP contribution in [0, 0.1) is 5.92 Å². The fourth-order valence-electron chi connectivity index (χ4n) is 0.861. The van der Waals surface area contributed by atoms with E-state index in [9.17, 15) is 8.78 Å². The summed E-state index contributed by atoms with van der Waals surface area (Å²) in [5.41, 5.74) is 0. The highest BCUT2D eigenvalue weighted by Gasteiger charge is 2.15. The van der Waals surface area contributed by atoms with Gasteiger partial charge in [-0.2, -0.15) is 0 Å². The maximum atomic E-state index is 11.7. The van der Waals surface area contributed by atoms with Crippen LogP contribution in [0.2, 0.25) is 0 Å². The quantitative estimate of drug-likeness (QED) is 0.665. The van der Waals surface area contributed by atoms with Crippen LogP contribution in [-0.2, 0) is 0 Å². The van der Waals surface area contributed by atoms with Gasteiger partial charge in [-0.1, -0.05) is 26.7 Å². The van der Waals surface area contributed by atoms with Crippen molar-refractivity contribution in [3.05, 3.63) is 0 Å². The maximum absolute atomic E-state index is 11.7. The van der Waals surface area contributed by atoms with Gasteiger partial charge in [0, 0.05) is 0 Å². The molecule has 1 nitrogen and oxygen atoms in total. The van der Waals surface area contributed by atoms with Gasteiger partial charge in [0.2, 0.25) is 0 Å². The molecule has 0 bridgehead atoms. The minimum absolute atomic E-state index is 0.218. The molecule has 68 valence electrons. The average molecular weight is 166 g/mol. The second-order valence-corrected chi connectivity index (χ2v) is 3.23. The number of hydrogen-bond donors (Lipinski definition) is 1. The molecular formula is C8H16F2O. The van der Waals surface area contributed by atoms with Crippen LogP contribution < -0.4 is 0 Å². The topological polar surface area (TPSA) is 20.2 Å². The Kier molecular flexibility index (Phi) is 5.38. The highest BCUT2D eigenvalue weighted by molar-refractivity contribution is 4.58. The highest BCUT2D eigenvalue weighted by Crippen LogP contribution is 2.12. The van der Waals surface area contributed by atoms with Gasteiger partial charge in [0.1, 0.15) is 6.10 Å². The van der Waals surface area contributed by atoms with Crippen molar-refractivity contribution in [3.8, 4) is 0 Å². The standard InChI is InChI=1S/C8H16F2O/c1-6(2)4-3-5-7(11)8(9)10/h6-8,11H,3-5H2,1-2H3. The molecule has 0 aliphatic heterocycles. The average Bonchev–Trinajstić information content (AvgIpc) is 1.86. The number of rotatable bonds is 5. The summed E-state index contributed by atoms with van der Waals surface area (Å²) in [7, 11) is 0. The summed E-state index contributed by atoms with van der Waals surface area (Å²) in [5.74, 6) is 0.528. The molecule has 1 N–H and O–H groups in total. The van der Waals surface area contributed by atoms with Crippen molar-refractivity contribution in [2.45, 2.75) is 45.6 Å². The largest absolute Gasteiger partial charge is 0.387 e. The first kappa shape index (κ1) is 10.8. The van der Waals surface area contributed by atoms with Crippen molar-refractivity contribution in [1.29, 1.82) is 0 Å². The highest BCUT2D eigenvalue weighted by atomic mass is 19.3. The Balaban J connectivity index is 3.24. The molecule has 3 heteroatoms. The fraction of sp³-hybridized carbons (Fsp3) is 1.00. The van der Waals surface area contributed by atoms with E-state index in [2.05, 4.69) is 0 Å². The number of halogens is 2. The van der Waals surface area contributed by atoms with E-state index in [-0.39, 0.29) is 6.42 Å². The van der Waals surface area contributed by atoms with Gasteiger partial charge >= 0.3 is 0 Å². The number of hydrogen-bond acceptors (Lipinski definition) is 1.